The highest BCUT2D eigenvalue weighted by Gasteiger charge is 2.40. The summed E-state index contributed by atoms with van der Waals surface area (Å²) in [6.07, 6.45) is 2.51. The molecule has 1 unspecified atom stereocenters. The molecule has 1 saturated heterocycles. The summed E-state index contributed by atoms with van der Waals surface area (Å²) in [5.74, 6) is 0.0274. The number of morpholine rings is 1. The minimum absolute atomic E-state index is 0.0247. The van der Waals surface area contributed by atoms with Gasteiger partial charge in [0.1, 0.15) is 0 Å². The lowest BCUT2D eigenvalue weighted by atomic mass is 10.1. The first kappa shape index (κ1) is 20.3. The van der Waals surface area contributed by atoms with E-state index in [0.29, 0.717) is 32.7 Å². The van der Waals surface area contributed by atoms with Gasteiger partial charge in [0.25, 0.3) is 0 Å². The van der Waals surface area contributed by atoms with Gasteiger partial charge in [-0.15, -0.1) is 0 Å². The Morgan fingerprint density at radius 2 is 1.90 bits per heavy atom. The molecule has 1 saturated carbocycles. The van der Waals surface area contributed by atoms with Crippen molar-refractivity contribution in [2.24, 2.45) is 5.92 Å². The molecule has 0 aromatic heterocycles. The molecular formula is C20H27N3O5S. The molecule has 2 fully saturated rings. The number of carbonyl (C=O) groups excluding carboxylic acids is 2. The van der Waals surface area contributed by atoms with Gasteiger partial charge >= 0.3 is 0 Å². The molecule has 1 aliphatic carbocycles. The number of hydrogen-bond acceptors (Lipinski definition) is 5. The standard InChI is InChI=1S/C20H27N3O5S/c1-14-11-16-12-17(5-6-18(16)23(14)20(25)15-3-4-15)29(26,27)21(2)13-19(24)22-7-9-28-10-8-22/h5-6,12,14-15H,3-4,7-11,13H2,1-2H3. The molecule has 1 aromatic carbocycles. The van der Waals surface area contributed by atoms with E-state index in [1.165, 1.54) is 13.1 Å². The highest BCUT2D eigenvalue weighted by molar-refractivity contribution is 7.89. The molecule has 1 atom stereocenters. The zero-order valence-electron chi connectivity index (χ0n) is 16.8. The van der Waals surface area contributed by atoms with E-state index in [2.05, 4.69) is 0 Å². The summed E-state index contributed by atoms with van der Waals surface area (Å²) in [5, 5.41) is 0. The lowest BCUT2D eigenvalue weighted by molar-refractivity contribution is -0.135. The highest BCUT2D eigenvalue weighted by Crippen LogP contribution is 2.39. The highest BCUT2D eigenvalue weighted by atomic mass is 32.2. The molecule has 3 aliphatic rings. The molecule has 0 radical (unpaired) electrons. The summed E-state index contributed by atoms with van der Waals surface area (Å²) in [4.78, 5) is 28.6. The number of anilines is 1. The summed E-state index contributed by atoms with van der Waals surface area (Å²) in [6.45, 7) is 3.69. The third kappa shape index (κ3) is 3.91. The Balaban J connectivity index is 1.51. The van der Waals surface area contributed by atoms with Gasteiger partial charge in [-0.2, -0.15) is 4.31 Å². The van der Waals surface area contributed by atoms with Crippen molar-refractivity contribution in [3.63, 3.8) is 0 Å². The van der Waals surface area contributed by atoms with Crippen molar-refractivity contribution in [2.75, 3.05) is 44.8 Å². The predicted octanol–water partition coefficient (Wildman–Crippen LogP) is 0.854. The van der Waals surface area contributed by atoms with Crippen molar-refractivity contribution in [1.29, 1.82) is 0 Å². The molecule has 2 aliphatic heterocycles. The number of carbonyl (C=O) groups is 2. The topological polar surface area (TPSA) is 87.2 Å². The van der Waals surface area contributed by atoms with Crippen LogP contribution in [0.4, 0.5) is 5.69 Å². The van der Waals surface area contributed by atoms with Crippen LogP contribution in [0.15, 0.2) is 23.1 Å². The number of nitrogens with zero attached hydrogens (tertiary/aromatic N) is 3. The second kappa shape index (κ2) is 7.70. The maximum atomic E-state index is 13.0. The quantitative estimate of drug-likeness (QED) is 0.704. The number of likely N-dealkylation sites (N-methyl/N-ethyl adjacent to an activating group) is 1. The minimum atomic E-state index is -3.80. The van der Waals surface area contributed by atoms with Gasteiger partial charge in [0.15, 0.2) is 0 Å². The Morgan fingerprint density at radius 1 is 1.21 bits per heavy atom. The van der Waals surface area contributed by atoms with Crippen LogP contribution in [0.1, 0.15) is 25.3 Å². The number of fused-ring (bicyclic) bond motifs is 1. The number of ether oxygens (including phenoxy) is 1. The van der Waals surface area contributed by atoms with Crippen LogP contribution in [0.5, 0.6) is 0 Å². The fraction of sp³-hybridized carbons (Fsp3) is 0.600. The monoisotopic (exact) mass is 421 g/mol. The molecule has 0 N–H and O–H groups in total. The predicted molar refractivity (Wildman–Crippen MR) is 107 cm³/mol. The van der Waals surface area contributed by atoms with Gasteiger partial charge in [-0.1, -0.05) is 0 Å². The van der Waals surface area contributed by atoms with Crippen LogP contribution >= 0.6 is 0 Å². The van der Waals surface area contributed by atoms with Gasteiger partial charge in [0, 0.05) is 37.8 Å². The first-order valence-corrected chi connectivity index (χ1v) is 11.5. The van der Waals surface area contributed by atoms with E-state index < -0.39 is 10.0 Å². The van der Waals surface area contributed by atoms with Gasteiger partial charge in [0.05, 0.1) is 24.7 Å². The molecule has 2 heterocycles. The van der Waals surface area contributed by atoms with E-state index in [9.17, 15) is 18.0 Å². The van der Waals surface area contributed by atoms with Gasteiger partial charge in [-0.25, -0.2) is 8.42 Å². The van der Waals surface area contributed by atoms with E-state index in [0.717, 1.165) is 28.4 Å². The smallest absolute Gasteiger partial charge is 0.243 e. The molecule has 29 heavy (non-hydrogen) atoms. The first-order valence-electron chi connectivity index (χ1n) is 10.1. The van der Waals surface area contributed by atoms with Gasteiger partial charge < -0.3 is 14.5 Å². The van der Waals surface area contributed by atoms with E-state index >= 15 is 0 Å². The van der Waals surface area contributed by atoms with Crippen molar-refractivity contribution in [2.45, 2.75) is 37.1 Å². The second-order valence-corrected chi connectivity index (χ2v) is 10.1. The minimum Gasteiger partial charge on any atom is -0.378 e. The number of hydrogen-bond donors (Lipinski definition) is 0. The van der Waals surface area contributed by atoms with Crippen molar-refractivity contribution in [1.82, 2.24) is 9.21 Å². The molecule has 158 valence electrons. The first-order chi connectivity index (χ1) is 13.8. The van der Waals surface area contributed by atoms with Crippen LogP contribution in [0, 0.1) is 5.92 Å². The molecule has 8 nitrogen and oxygen atoms in total. The van der Waals surface area contributed by atoms with Crippen molar-refractivity contribution in [3.05, 3.63) is 23.8 Å². The van der Waals surface area contributed by atoms with E-state index in [1.54, 1.807) is 17.0 Å². The second-order valence-electron chi connectivity index (χ2n) is 8.08. The molecule has 9 heteroatoms. The van der Waals surface area contributed by atoms with Crippen LogP contribution in [0.25, 0.3) is 0 Å². The maximum absolute atomic E-state index is 13.0. The summed E-state index contributed by atoms with van der Waals surface area (Å²) in [5.41, 5.74) is 1.67. The number of rotatable bonds is 5. The Hall–Kier alpha value is -1.97. The Morgan fingerprint density at radius 3 is 2.55 bits per heavy atom. The zero-order valence-corrected chi connectivity index (χ0v) is 17.7. The molecule has 0 bridgehead atoms. The molecule has 4 rings (SSSR count). The van der Waals surface area contributed by atoms with E-state index in [4.69, 9.17) is 4.74 Å². The van der Waals surface area contributed by atoms with E-state index in [-0.39, 0.29) is 35.2 Å². The summed E-state index contributed by atoms with van der Waals surface area (Å²) in [7, 11) is -2.38. The Bertz CT molecular complexity index is 922. The molecular weight excluding hydrogens is 394 g/mol. The molecule has 1 aromatic rings. The lowest BCUT2D eigenvalue weighted by Crippen LogP contribution is -2.46. The summed E-state index contributed by atoms with van der Waals surface area (Å²) < 4.78 is 32.4. The Labute approximate surface area is 171 Å². The summed E-state index contributed by atoms with van der Waals surface area (Å²) in [6, 6.07) is 4.94. The lowest BCUT2D eigenvalue weighted by Gasteiger charge is -2.28. The van der Waals surface area contributed by atoms with Gasteiger partial charge in [0.2, 0.25) is 21.8 Å². The third-order valence-electron chi connectivity index (χ3n) is 5.86. The fourth-order valence-corrected chi connectivity index (χ4v) is 5.17. The number of benzene rings is 1. The number of sulfonamides is 1. The van der Waals surface area contributed by atoms with Crippen LogP contribution in [-0.2, 0) is 30.8 Å². The van der Waals surface area contributed by atoms with Crippen LogP contribution in [0.3, 0.4) is 0 Å². The fourth-order valence-electron chi connectivity index (χ4n) is 4.00. The van der Waals surface area contributed by atoms with Gasteiger partial charge in [-0.05, 0) is 49.9 Å². The van der Waals surface area contributed by atoms with Crippen molar-refractivity contribution >= 4 is 27.5 Å². The molecule has 2 amide bonds. The van der Waals surface area contributed by atoms with Crippen LogP contribution in [-0.4, -0.2) is 75.4 Å². The normalized spacial score (nSPS) is 22.1. The maximum Gasteiger partial charge on any atom is 0.243 e. The number of amides is 2. The van der Waals surface area contributed by atoms with Crippen molar-refractivity contribution in [3.8, 4) is 0 Å². The van der Waals surface area contributed by atoms with Gasteiger partial charge in [-0.3, -0.25) is 9.59 Å². The largest absolute Gasteiger partial charge is 0.378 e. The average molecular weight is 422 g/mol. The van der Waals surface area contributed by atoms with Crippen LogP contribution in [0.2, 0.25) is 0 Å². The summed E-state index contributed by atoms with van der Waals surface area (Å²) >= 11 is 0. The Kier molecular flexibility index (Phi) is 5.39. The van der Waals surface area contributed by atoms with E-state index in [1.807, 2.05) is 11.8 Å². The zero-order chi connectivity index (χ0) is 20.8. The third-order valence-corrected chi connectivity index (χ3v) is 7.66. The van der Waals surface area contributed by atoms with Crippen LogP contribution < -0.4 is 4.90 Å². The SMILES string of the molecule is CC1Cc2cc(S(=O)(=O)N(C)CC(=O)N3CCOCC3)ccc2N1C(=O)C1CC1. The van der Waals surface area contributed by atoms with Crippen molar-refractivity contribution < 1.29 is 22.7 Å². The molecule has 0 spiro atoms. The average Bonchev–Trinajstić information content (AvgIpc) is 3.50.